The Bertz CT molecular complexity index is 782. The van der Waals surface area contributed by atoms with Gasteiger partial charge in [0.1, 0.15) is 5.82 Å². The number of benzene rings is 2. The molecule has 0 radical (unpaired) electrons. The van der Waals surface area contributed by atoms with Gasteiger partial charge in [-0.2, -0.15) is 0 Å². The summed E-state index contributed by atoms with van der Waals surface area (Å²) >= 11 is 5.74. The van der Waals surface area contributed by atoms with Gasteiger partial charge >= 0.3 is 12.0 Å². The smallest absolute Gasteiger partial charge is 0.338 e. The first-order valence-corrected chi connectivity index (χ1v) is 7.11. The Hall–Kier alpha value is -2.93. The number of rotatable bonds is 4. The van der Waals surface area contributed by atoms with E-state index in [-0.39, 0.29) is 11.3 Å². The molecule has 0 aliphatic rings. The van der Waals surface area contributed by atoms with E-state index in [2.05, 4.69) is 5.32 Å². The zero-order valence-corrected chi connectivity index (χ0v) is 13.0. The summed E-state index contributed by atoms with van der Waals surface area (Å²) in [5, 5.41) is 4.42. The highest BCUT2D eigenvalue weighted by Crippen LogP contribution is 2.12. The number of anilines is 1. The van der Waals surface area contributed by atoms with Gasteiger partial charge in [0.2, 0.25) is 0 Å². The van der Waals surface area contributed by atoms with Gasteiger partial charge in [-0.05, 0) is 30.3 Å². The van der Waals surface area contributed by atoms with Crippen LogP contribution in [0.25, 0.3) is 0 Å². The molecule has 0 saturated heterocycles. The fraction of sp³-hybridized carbons (Fsp3) is 0.0625. The van der Waals surface area contributed by atoms with Gasteiger partial charge in [-0.25, -0.2) is 14.0 Å². The van der Waals surface area contributed by atoms with Crippen LogP contribution in [0.3, 0.4) is 0 Å². The number of hydrogen-bond acceptors (Lipinski definition) is 4. The summed E-state index contributed by atoms with van der Waals surface area (Å²) in [4.78, 5) is 34.8. The molecule has 0 unspecified atom stereocenters. The lowest BCUT2D eigenvalue weighted by Crippen LogP contribution is -2.37. The van der Waals surface area contributed by atoms with Gasteiger partial charge in [-0.3, -0.25) is 10.1 Å². The molecule has 2 aromatic rings. The van der Waals surface area contributed by atoms with E-state index in [1.807, 2.05) is 5.32 Å². The molecule has 0 fully saturated rings. The van der Waals surface area contributed by atoms with Crippen molar-refractivity contribution in [3.8, 4) is 0 Å². The van der Waals surface area contributed by atoms with Crippen LogP contribution in [0.5, 0.6) is 0 Å². The lowest BCUT2D eigenvalue weighted by molar-refractivity contribution is -0.123. The third-order valence-corrected chi connectivity index (χ3v) is 3.00. The summed E-state index contributed by atoms with van der Waals surface area (Å²) in [6.45, 7) is -0.671. The largest absolute Gasteiger partial charge is 0.452 e. The van der Waals surface area contributed by atoms with Gasteiger partial charge < -0.3 is 10.1 Å². The van der Waals surface area contributed by atoms with Crippen molar-refractivity contribution in [1.82, 2.24) is 5.32 Å². The third kappa shape index (κ3) is 5.06. The summed E-state index contributed by atoms with van der Waals surface area (Å²) in [6, 6.07) is 10.5. The van der Waals surface area contributed by atoms with Crippen LogP contribution in [0.15, 0.2) is 48.5 Å². The number of nitrogens with one attached hydrogen (secondary N) is 2. The number of imide groups is 1. The molecule has 0 heterocycles. The van der Waals surface area contributed by atoms with Crippen molar-refractivity contribution in [2.75, 3.05) is 11.9 Å². The minimum Gasteiger partial charge on any atom is -0.452 e. The molecule has 2 rings (SSSR count). The number of para-hydroxylation sites is 1. The summed E-state index contributed by atoms with van der Waals surface area (Å²) in [7, 11) is 0. The zero-order chi connectivity index (χ0) is 17.5. The fourth-order valence-corrected chi connectivity index (χ4v) is 1.90. The number of ether oxygens (including phenoxy) is 1. The molecule has 0 aliphatic heterocycles. The number of esters is 1. The Morgan fingerprint density at radius 3 is 2.54 bits per heavy atom. The van der Waals surface area contributed by atoms with Crippen LogP contribution in [0.1, 0.15) is 10.4 Å². The number of hydrogen-bond donors (Lipinski definition) is 2. The molecule has 0 bridgehead atoms. The van der Waals surface area contributed by atoms with Crippen molar-refractivity contribution in [2.24, 2.45) is 0 Å². The molecule has 3 amide bonds. The molecule has 0 saturated carbocycles. The van der Waals surface area contributed by atoms with E-state index in [9.17, 15) is 18.8 Å². The van der Waals surface area contributed by atoms with Gasteiger partial charge in [0.05, 0.1) is 11.3 Å². The second-order valence-corrected chi connectivity index (χ2v) is 5.01. The zero-order valence-electron chi connectivity index (χ0n) is 12.2. The maximum atomic E-state index is 13.4. The Kier molecular flexibility index (Phi) is 5.86. The number of carbonyl (C=O) groups excluding carboxylic acids is 3. The van der Waals surface area contributed by atoms with Gasteiger partial charge in [-0.15, -0.1) is 0 Å². The van der Waals surface area contributed by atoms with E-state index < -0.39 is 30.3 Å². The minimum atomic E-state index is -0.941. The molecule has 0 aliphatic carbocycles. The number of urea groups is 1. The molecule has 0 atom stereocenters. The lowest BCUT2D eigenvalue weighted by atomic mass is 10.2. The van der Waals surface area contributed by atoms with E-state index >= 15 is 0 Å². The normalized spacial score (nSPS) is 9.92. The van der Waals surface area contributed by atoms with Crippen molar-refractivity contribution in [3.05, 3.63) is 64.9 Å². The molecule has 0 aromatic heterocycles. The standard InChI is InChI=1S/C16H12ClFN2O4/c17-11-5-3-4-10(8-11)15(22)24-9-14(21)20-16(23)19-13-7-2-1-6-12(13)18/h1-8H,9H2,(H2,19,20,21,23). The highest BCUT2D eigenvalue weighted by atomic mass is 35.5. The molecule has 2 N–H and O–H groups in total. The van der Waals surface area contributed by atoms with Crippen LogP contribution in [0, 0.1) is 5.82 Å². The van der Waals surface area contributed by atoms with Crippen molar-refractivity contribution < 1.29 is 23.5 Å². The Morgan fingerprint density at radius 1 is 1.08 bits per heavy atom. The van der Waals surface area contributed by atoms with Gasteiger partial charge in [0.25, 0.3) is 5.91 Å². The average Bonchev–Trinajstić information content (AvgIpc) is 2.54. The average molecular weight is 351 g/mol. The van der Waals surface area contributed by atoms with Gasteiger partial charge in [0.15, 0.2) is 6.61 Å². The van der Waals surface area contributed by atoms with Crippen LogP contribution in [-0.4, -0.2) is 24.5 Å². The van der Waals surface area contributed by atoms with Crippen molar-refractivity contribution >= 4 is 35.2 Å². The first kappa shape index (κ1) is 17.4. The predicted octanol–water partition coefficient (Wildman–Crippen LogP) is 2.98. The maximum Gasteiger partial charge on any atom is 0.338 e. The Balaban J connectivity index is 1.82. The first-order valence-electron chi connectivity index (χ1n) is 6.74. The summed E-state index contributed by atoms with van der Waals surface area (Å²) in [5.41, 5.74) is 0.0878. The van der Waals surface area contributed by atoms with Crippen LogP contribution in [-0.2, 0) is 9.53 Å². The SMILES string of the molecule is O=C(COC(=O)c1cccc(Cl)c1)NC(=O)Nc1ccccc1F. The van der Waals surface area contributed by atoms with Crippen LogP contribution in [0.4, 0.5) is 14.9 Å². The number of halogens is 2. The number of amides is 3. The van der Waals surface area contributed by atoms with E-state index in [0.717, 1.165) is 6.07 Å². The quantitative estimate of drug-likeness (QED) is 0.830. The molecular formula is C16H12ClFN2O4. The fourth-order valence-electron chi connectivity index (χ4n) is 1.71. The van der Waals surface area contributed by atoms with Gasteiger partial charge in [-0.1, -0.05) is 29.8 Å². The predicted molar refractivity (Wildman–Crippen MR) is 85.3 cm³/mol. The van der Waals surface area contributed by atoms with Crippen LogP contribution in [0.2, 0.25) is 5.02 Å². The topological polar surface area (TPSA) is 84.5 Å². The lowest BCUT2D eigenvalue weighted by Gasteiger charge is -2.08. The molecule has 8 heteroatoms. The summed E-state index contributed by atoms with van der Waals surface area (Å²) in [6.07, 6.45) is 0. The molecule has 124 valence electrons. The highest BCUT2D eigenvalue weighted by Gasteiger charge is 2.13. The maximum absolute atomic E-state index is 13.4. The number of carbonyl (C=O) groups is 3. The first-order chi connectivity index (χ1) is 11.5. The third-order valence-electron chi connectivity index (χ3n) is 2.77. The van der Waals surface area contributed by atoms with E-state index in [1.54, 1.807) is 12.1 Å². The second kappa shape index (κ2) is 8.07. The van der Waals surface area contributed by atoms with E-state index in [1.165, 1.54) is 30.3 Å². The molecule has 2 aromatic carbocycles. The van der Waals surface area contributed by atoms with Crippen LogP contribution < -0.4 is 10.6 Å². The monoisotopic (exact) mass is 350 g/mol. The second-order valence-electron chi connectivity index (χ2n) is 4.57. The summed E-state index contributed by atoms with van der Waals surface area (Å²) < 4.78 is 18.1. The van der Waals surface area contributed by atoms with E-state index in [0.29, 0.717) is 5.02 Å². The molecule has 0 spiro atoms. The summed E-state index contributed by atoms with van der Waals surface area (Å²) in [5.74, 6) is -2.27. The van der Waals surface area contributed by atoms with Crippen molar-refractivity contribution in [3.63, 3.8) is 0 Å². The molecule has 6 nitrogen and oxygen atoms in total. The van der Waals surface area contributed by atoms with E-state index in [4.69, 9.17) is 16.3 Å². The molecular weight excluding hydrogens is 339 g/mol. The highest BCUT2D eigenvalue weighted by molar-refractivity contribution is 6.30. The Morgan fingerprint density at radius 2 is 1.83 bits per heavy atom. The van der Waals surface area contributed by atoms with Gasteiger partial charge in [0, 0.05) is 5.02 Å². The minimum absolute atomic E-state index is 0.0845. The Labute approximate surface area is 141 Å². The molecule has 24 heavy (non-hydrogen) atoms. The van der Waals surface area contributed by atoms with Crippen molar-refractivity contribution in [2.45, 2.75) is 0 Å². The van der Waals surface area contributed by atoms with Crippen LogP contribution >= 0.6 is 11.6 Å². The van der Waals surface area contributed by atoms with Crippen molar-refractivity contribution in [1.29, 1.82) is 0 Å².